The lowest BCUT2D eigenvalue weighted by molar-refractivity contribution is -0.160. The number of hydrogen-bond acceptors (Lipinski definition) is 4. The summed E-state index contributed by atoms with van der Waals surface area (Å²) >= 11 is 0. The van der Waals surface area contributed by atoms with Crippen LogP contribution in [0.25, 0.3) is 0 Å². The molecule has 0 saturated carbocycles. The van der Waals surface area contributed by atoms with Crippen LogP contribution in [0.5, 0.6) is 0 Å². The van der Waals surface area contributed by atoms with E-state index in [1.807, 2.05) is 0 Å². The predicted molar refractivity (Wildman–Crippen MR) is 62.0 cm³/mol. The number of amides is 1. The molecule has 3 heterocycles. The number of nitrogens with one attached hydrogen (secondary N) is 1. The Kier molecular flexibility index (Phi) is 2.99. The quantitative estimate of drug-likeness (QED) is 0.690. The lowest BCUT2D eigenvalue weighted by Crippen LogP contribution is -2.55. The molecule has 3 rings (SSSR count). The van der Waals surface area contributed by atoms with Crippen LogP contribution in [0.1, 0.15) is 19.3 Å². The van der Waals surface area contributed by atoms with Crippen LogP contribution in [-0.4, -0.2) is 59.8 Å². The van der Waals surface area contributed by atoms with Crippen LogP contribution in [-0.2, 0) is 14.3 Å². The molecule has 2 N–H and O–H groups in total. The molecule has 0 aromatic carbocycles. The Morgan fingerprint density at radius 1 is 1.33 bits per heavy atom. The molecule has 3 fully saturated rings. The molecule has 1 amide bonds. The molecule has 2 bridgehead atoms. The van der Waals surface area contributed by atoms with Crippen LogP contribution in [0.2, 0.25) is 0 Å². The van der Waals surface area contributed by atoms with Crippen molar-refractivity contribution in [2.45, 2.75) is 37.4 Å². The monoisotopic (exact) mass is 254 g/mol. The molecule has 0 aliphatic carbocycles. The molecule has 6 heteroatoms. The Balaban J connectivity index is 1.72. The molecule has 4 unspecified atom stereocenters. The van der Waals surface area contributed by atoms with Gasteiger partial charge < -0.3 is 20.1 Å². The van der Waals surface area contributed by atoms with Crippen molar-refractivity contribution >= 4 is 11.9 Å². The molecule has 0 spiro atoms. The van der Waals surface area contributed by atoms with Gasteiger partial charge in [-0.05, 0) is 19.3 Å². The second-order valence-corrected chi connectivity index (χ2v) is 5.35. The van der Waals surface area contributed by atoms with Crippen LogP contribution in [0.3, 0.4) is 0 Å². The molecule has 3 aliphatic rings. The molecule has 100 valence electrons. The number of carbonyl (C=O) groups is 2. The van der Waals surface area contributed by atoms with Gasteiger partial charge in [0.25, 0.3) is 0 Å². The molecule has 18 heavy (non-hydrogen) atoms. The Labute approximate surface area is 105 Å². The summed E-state index contributed by atoms with van der Waals surface area (Å²) < 4.78 is 5.16. The molecule has 0 aromatic heterocycles. The van der Waals surface area contributed by atoms with Crippen LogP contribution in [0, 0.1) is 5.92 Å². The van der Waals surface area contributed by atoms with Crippen molar-refractivity contribution in [2.24, 2.45) is 5.92 Å². The molecule has 0 radical (unpaired) electrons. The molecular weight excluding hydrogens is 236 g/mol. The van der Waals surface area contributed by atoms with E-state index in [-0.39, 0.29) is 24.5 Å². The minimum Gasteiger partial charge on any atom is -0.480 e. The Morgan fingerprint density at radius 2 is 2.17 bits per heavy atom. The first-order valence-corrected chi connectivity index (χ1v) is 6.54. The first kappa shape index (κ1) is 11.9. The topological polar surface area (TPSA) is 78.9 Å². The minimum absolute atomic E-state index is 0.00889. The van der Waals surface area contributed by atoms with E-state index in [9.17, 15) is 9.59 Å². The number of carbonyl (C=O) groups excluding carboxylic acids is 1. The van der Waals surface area contributed by atoms with Gasteiger partial charge in [-0.1, -0.05) is 0 Å². The molecular formula is C12H18N2O4. The minimum atomic E-state index is -0.973. The predicted octanol–water partition coefficient (Wildman–Crippen LogP) is -0.561. The summed E-state index contributed by atoms with van der Waals surface area (Å²) in [7, 11) is 0. The number of aliphatic carboxylic acids is 1. The number of carboxylic acids is 1. The summed E-state index contributed by atoms with van der Waals surface area (Å²) in [6, 6.07) is -0.113. The van der Waals surface area contributed by atoms with Crippen molar-refractivity contribution in [1.82, 2.24) is 10.2 Å². The molecule has 0 aromatic rings. The Hall–Kier alpha value is -1.14. The second kappa shape index (κ2) is 4.51. The van der Waals surface area contributed by atoms with Gasteiger partial charge in [0.2, 0.25) is 5.91 Å². The number of rotatable bonds is 2. The maximum atomic E-state index is 12.5. The van der Waals surface area contributed by atoms with Crippen molar-refractivity contribution in [3.8, 4) is 0 Å². The fourth-order valence-corrected chi connectivity index (χ4v) is 3.38. The van der Waals surface area contributed by atoms with E-state index in [1.165, 1.54) is 4.90 Å². The zero-order valence-corrected chi connectivity index (χ0v) is 10.2. The summed E-state index contributed by atoms with van der Waals surface area (Å²) in [5.41, 5.74) is 0. The zero-order chi connectivity index (χ0) is 12.7. The highest BCUT2D eigenvalue weighted by atomic mass is 16.5. The van der Waals surface area contributed by atoms with Gasteiger partial charge in [0, 0.05) is 18.6 Å². The third-order valence-corrected chi connectivity index (χ3v) is 4.31. The fourth-order valence-electron chi connectivity index (χ4n) is 3.38. The second-order valence-electron chi connectivity index (χ2n) is 5.35. The lowest BCUT2D eigenvalue weighted by atomic mass is 9.87. The first-order valence-electron chi connectivity index (χ1n) is 6.54. The average Bonchev–Trinajstić information content (AvgIpc) is 3.00. The summed E-state index contributed by atoms with van der Waals surface area (Å²) in [4.78, 5) is 25.1. The average molecular weight is 254 g/mol. The standard InChI is InChI=1S/C12H18N2O4/c15-11(8-5-7-1-2-9(8)13-7)14-3-4-18-6-10(14)12(16)17/h7-10,13H,1-6H2,(H,16,17). The maximum Gasteiger partial charge on any atom is 0.328 e. The van der Waals surface area contributed by atoms with Gasteiger partial charge in [0.05, 0.1) is 19.1 Å². The highest BCUT2D eigenvalue weighted by molar-refractivity contribution is 5.86. The number of morpholine rings is 1. The van der Waals surface area contributed by atoms with Crippen LogP contribution >= 0.6 is 0 Å². The van der Waals surface area contributed by atoms with Gasteiger partial charge in [-0.25, -0.2) is 4.79 Å². The SMILES string of the molecule is O=C(O)C1COCCN1C(=O)C1CC2CCC1N2. The van der Waals surface area contributed by atoms with Crippen LogP contribution in [0.4, 0.5) is 0 Å². The summed E-state index contributed by atoms with van der Waals surface area (Å²) in [6.45, 7) is 0.933. The number of ether oxygens (including phenoxy) is 1. The van der Waals surface area contributed by atoms with Crippen molar-refractivity contribution < 1.29 is 19.4 Å². The van der Waals surface area contributed by atoms with E-state index < -0.39 is 12.0 Å². The number of carboxylic acid groups (broad SMARTS) is 1. The molecule has 4 atom stereocenters. The van der Waals surface area contributed by atoms with Gasteiger partial charge in [-0.15, -0.1) is 0 Å². The Bertz CT molecular complexity index is 373. The third-order valence-electron chi connectivity index (χ3n) is 4.31. The van der Waals surface area contributed by atoms with Crippen molar-refractivity contribution in [1.29, 1.82) is 0 Å². The highest BCUT2D eigenvalue weighted by Gasteiger charge is 2.46. The van der Waals surface area contributed by atoms with Gasteiger partial charge in [-0.3, -0.25) is 4.79 Å². The first-order chi connectivity index (χ1) is 8.66. The summed E-state index contributed by atoms with van der Waals surface area (Å²) in [6.07, 6.45) is 3.02. The van der Waals surface area contributed by atoms with Crippen LogP contribution < -0.4 is 5.32 Å². The smallest absolute Gasteiger partial charge is 0.328 e. The van der Waals surface area contributed by atoms with Crippen molar-refractivity contribution in [3.63, 3.8) is 0 Å². The third kappa shape index (κ3) is 1.89. The normalized spacial score (nSPS) is 39.0. The van der Waals surface area contributed by atoms with Gasteiger partial charge in [0.15, 0.2) is 6.04 Å². The van der Waals surface area contributed by atoms with E-state index in [4.69, 9.17) is 9.84 Å². The largest absolute Gasteiger partial charge is 0.480 e. The Morgan fingerprint density at radius 3 is 2.78 bits per heavy atom. The highest BCUT2D eigenvalue weighted by Crippen LogP contribution is 2.34. The van der Waals surface area contributed by atoms with E-state index >= 15 is 0 Å². The molecule has 6 nitrogen and oxygen atoms in total. The van der Waals surface area contributed by atoms with E-state index in [1.54, 1.807) is 0 Å². The number of fused-ring (bicyclic) bond motifs is 2. The van der Waals surface area contributed by atoms with E-state index in [2.05, 4.69) is 5.32 Å². The number of nitrogens with zero attached hydrogens (tertiary/aromatic N) is 1. The summed E-state index contributed by atoms with van der Waals surface area (Å²) in [5.74, 6) is -1.02. The van der Waals surface area contributed by atoms with Gasteiger partial charge >= 0.3 is 5.97 Å². The fraction of sp³-hybridized carbons (Fsp3) is 0.833. The maximum absolute atomic E-state index is 12.5. The van der Waals surface area contributed by atoms with Gasteiger partial charge in [0.1, 0.15) is 0 Å². The summed E-state index contributed by atoms with van der Waals surface area (Å²) in [5, 5.41) is 12.6. The molecule has 3 aliphatic heterocycles. The van der Waals surface area contributed by atoms with E-state index in [0.29, 0.717) is 19.2 Å². The van der Waals surface area contributed by atoms with Crippen molar-refractivity contribution in [3.05, 3.63) is 0 Å². The lowest BCUT2D eigenvalue weighted by Gasteiger charge is -2.36. The van der Waals surface area contributed by atoms with Crippen molar-refractivity contribution in [2.75, 3.05) is 19.8 Å². The van der Waals surface area contributed by atoms with E-state index in [0.717, 1.165) is 19.3 Å². The van der Waals surface area contributed by atoms with Crippen LogP contribution in [0.15, 0.2) is 0 Å². The molecule has 3 saturated heterocycles. The number of hydrogen-bond donors (Lipinski definition) is 2. The zero-order valence-electron chi connectivity index (χ0n) is 10.2. The van der Waals surface area contributed by atoms with Gasteiger partial charge in [-0.2, -0.15) is 0 Å².